The van der Waals surface area contributed by atoms with Gasteiger partial charge in [0.1, 0.15) is 0 Å². The highest BCUT2D eigenvalue weighted by Gasteiger charge is 2.21. The highest BCUT2D eigenvalue weighted by Crippen LogP contribution is 2.37. The summed E-state index contributed by atoms with van der Waals surface area (Å²) < 4.78 is 0. The van der Waals surface area contributed by atoms with Crippen LogP contribution in [-0.2, 0) is 0 Å². The summed E-state index contributed by atoms with van der Waals surface area (Å²) in [6.07, 6.45) is 7.05. The van der Waals surface area contributed by atoms with Crippen LogP contribution in [0.2, 0.25) is 0 Å². The molecule has 394 valence electrons. The second-order valence-corrected chi connectivity index (χ2v) is 19.3. The Kier molecular flexibility index (Phi) is 13.6. The second kappa shape index (κ2) is 22.7. The van der Waals surface area contributed by atoms with Crippen molar-refractivity contribution in [2.75, 3.05) is 0 Å². The van der Waals surface area contributed by atoms with Gasteiger partial charge >= 0.3 is 0 Å². The average Bonchev–Trinajstić information content (AvgIpc) is 3.63. The first-order valence-corrected chi connectivity index (χ1v) is 27.1. The lowest BCUT2D eigenvalue weighted by Crippen LogP contribution is -2.01. The molecule has 0 aliphatic rings. The van der Waals surface area contributed by atoms with Gasteiger partial charge in [0, 0.05) is 35.9 Å². The Bertz CT molecular complexity index is 4390. The van der Waals surface area contributed by atoms with E-state index in [-0.39, 0.29) is 0 Å². The van der Waals surface area contributed by atoms with Crippen LogP contribution in [0.25, 0.3) is 148 Å². The number of rotatable bonds is 13. The van der Waals surface area contributed by atoms with E-state index in [2.05, 4.69) is 19.9 Å². The third-order valence-electron chi connectivity index (χ3n) is 13.8. The Hall–Kier alpha value is -11.9. The molecule has 0 saturated heterocycles. The lowest BCUT2D eigenvalue weighted by Gasteiger charge is -2.15. The van der Waals surface area contributed by atoms with Crippen molar-refractivity contribution in [3.8, 4) is 148 Å². The van der Waals surface area contributed by atoms with Crippen LogP contribution in [0.3, 0.4) is 0 Å². The number of hydrogen-bond acceptors (Lipinski definition) is 14. The SMILES string of the molecule is c1ccc(-c2cccc(-c3cccc(-c4ccc(-c5ccc(-c6cccc(-c7cccc(-c8ccccn8)n7)n6)c(-c6cccc(-c7cccc(-c8ccccn8)n7)n6)n5)nc4-c4cccc(-c5cccc(-c6ccccn6)n5)n4)n3)n2)nc1. The lowest BCUT2D eigenvalue weighted by atomic mass is 10.0. The van der Waals surface area contributed by atoms with Crippen molar-refractivity contribution in [2.24, 2.45) is 0 Å². The fraction of sp³-hybridized carbons (Fsp3) is 0. The summed E-state index contributed by atoms with van der Waals surface area (Å²) >= 11 is 0. The zero-order valence-electron chi connectivity index (χ0n) is 44.7. The number of hydrogen-bond donors (Lipinski definition) is 0. The predicted octanol–water partition coefficient (Wildman–Crippen LogP) is 14.9. The molecule has 14 aromatic heterocycles. The first-order valence-electron chi connectivity index (χ1n) is 27.1. The number of pyridine rings is 14. The van der Waals surface area contributed by atoms with Crippen LogP contribution in [0.15, 0.2) is 267 Å². The standard InChI is InChI=1S/C70H44N14/c1-5-41-71-49(17-1)53-23-11-29-59(77-53)57-27-9-21-47(75-57)45-37-39-65(83-69(45)67-35-15-33-63(81-67)61-31-13-25-55(79-61)51-19-3-7-43-73-51)66-40-38-46(48-22-10-28-58(76-48)60-30-12-24-54(78-60)50-18-2-6-42-72-50)70(84-66)68-36-16-34-64(82-68)62-32-14-26-56(80-62)52-20-4-8-44-74-52/h1-44H. The molecule has 0 bridgehead atoms. The van der Waals surface area contributed by atoms with Gasteiger partial charge in [-0.1, -0.05) is 72.8 Å². The van der Waals surface area contributed by atoms with Gasteiger partial charge in [0.2, 0.25) is 0 Å². The topological polar surface area (TPSA) is 180 Å². The van der Waals surface area contributed by atoms with Crippen LogP contribution in [0.5, 0.6) is 0 Å². The summed E-state index contributed by atoms with van der Waals surface area (Å²) in [6.45, 7) is 0. The summed E-state index contributed by atoms with van der Waals surface area (Å²) in [5.41, 5.74) is 17.8. The Morgan fingerprint density at radius 3 is 0.571 bits per heavy atom. The van der Waals surface area contributed by atoms with Gasteiger partial charge in [-0.05, 0) is 170 Å². The largest absolute Gasteiger partial charge is 0.255 e. The minimum absolute atomic E-state index is 0.580. The first kappa shape index (κ1) is 50.3. The van der Waals surface area contributed by atoms with Crippen LogP contribution >= 0.6 is 0 Å². The van der Waals surface area contributed by atoms with Crippen LogP contribution in [0.1, 0.15) is 0 Å². The zero-order chi connectivity index (χ0) is 56.0. The van der Waals surface area contributed by atoms with Gasteiger partial charge in [0.15, 0.2) is 0 Å². The Morgan fingerprint density at radius 1 is 0.131 bits per heavy atom. The van der Waals surface area contributed by atoms with Crippen LogP contribution in [0, 0.1) is 0 Å². The van der Waals surface area contributed by atoms with Crippen molar-refractivity contribution in [3.63, 3.8) is 0 Å². The molecule has 14 heteroatoms. The van der Waals surface area contributed by atoms with E-state index in [0.717, 1.165) is 56.7 Å². The van der Waals surface area contributed by atoms with E-state index in [9.17, 15) is 0 Å². The van der Waals surface area contributed by atoms with E-state index >= 15 is 0 Å². The van der Waals surface area contributed by atoms with Gasteiger partial charge in [0.05, 0.1) is 137 Å². The number of aromatic nitrogens is 14. The summed E-state index contributed by atoms with van der Waals surface area (Å²) in [5.74, 6) is 0. The normalized spacial score (nSPS) is 11.1. The molecule has 0 aliphatic heterocycles. The third-order valence-corrected chi connectivity index (χ3v) is 13.8. The molecule has 0 N–H and O–H groups in total. The molecule has 0 atom stereocenters. The molecule has 0 fully saturated rings. The fourth-order valence-electron chi connectivity index (χ4n) is 9.82. The van der Waals surface area contributed by atoms with Gasteiger partial charge < -0.3 is 0 Å². The van der Waals surface area contributed by atoms with E-state index in [1.54, 1.807) is 24.8 Å². The van der Waals surface area contributed by atoms with Crippen molar-refractivity contribution in [1.29, 1.82) is 0 Å². The minimum Gasteiger partial charge on any atom is -0.255 e. The molecule has 14 rings (SSSR count). The van der Waals surface area contributed by atoms with E-state index < -0.39 is 0 Å². The van der Waals surface area contributed by atoms with Crippen LogP contribution in [-0.4, -0.2) is 69.8 Å². The van der Waals surface area contributed by atoms with Crippen molar-refractivity contribution >= 4 is 0 Å². The van der Waals surface area contributed by atoms with E-state index in [1.165, 1.54) is 0 Å². The highest BCUT2D eigenvalue weighted by atomic mass is 14.9. The van der Waals surface area contributed by atoms with Crippen molar-refractivity contribution in [3.05, 3.63) is 267 Å². The van der Waals surface area contributed by atoms with Crippen molar-refractivity contribution < 1.29 is 0 Å². The summed E-state index contributed by atoms with van der Waals surface area (Å²) in [5, 5.41) is 0. The molecule has 0 unspecified atom stereocenters. The average molecular weight is 1080 g/mol. The summed E-state index contributed by atoms with van der Waals surface area (Å²) in [6, 6.07) is 78.2. The third kappa shape index (κ3) is 10.6. The second-order valence-electron chi connectivity index (χ2n) is 19.3. The Morgan fingerprint density at radius 2 is 0.321 bits per heavy atom. The molecule has 14 aromatic rings. The molecule has 14 heterocycles. The van der Waals surface area contributed by atoms with Crippen molar-refractivity contribution in [2.45, 2.75) is 0 Å². The quantitative estimate of drug-likeness (QED) is 0.106. The highest BCUT2D eigenvalue weighted by molar-refractivity contribution is 5.84. The Balaban J connectivity index is 0.913. The molecule has 14 nitrogen and oxygen atoms in total. The van der Waals surface area contributed by atoms with Crippen molar-refractivity contribution in [1.82, 2.24) is 69.8 Å². The van der Waals surface area contributed by atoms with Gasteiger partial charge in [-0.3, -0.25) is 19.9 Å². The predicted molar refractivity (Wildman–Crippen MR) is 326 cm³/mol. The maximum atomic E-state index is 5.49. The lowest BCUT2D eigenvalue weighted by molar-refractivity contribution is 1.18. The summed E-state index contributed by atoms with van der Waals surface area (Å²) in [4.78, 5) is 70.3. The first-order chi connectivity index (χ1) is 41.6. The molecule has 0 aliphatic carbocycles. The molecule has 84 heavy (non-hydrogen) atoms. The van der Waals surface area contributed by atoms with Crippen LogP contribution < -0.4 is 0 Å². The fourth-order valence-corrected chi connectivity index (χ4v) is 9.82. The maximum absolute atomic E-state index is 5.49. The van der Waals surface area contributed by atoms with Gasteiger partial charge in [-0.2, -0.15) is 0 Å². The molecular formula is C70H44N14. The summed E-state index contributed by atoms with van der Waals surface area (Å²) in [7, 11) is 0. The van der Waals surface area contributed by atoms with Gasteiger partial charge in [-0.25, -0.2) is 49.8 Å². The molecular weight excluding hydrogens is 1040 g/mol. The van der Waals surface area contributed by atoms with E-state index in [1.807, 2.05) is 243 Å². The van der Waals surface area contributed by atoms with Gasteiger partial charge in [-0.15, -0.1) is 0 Å². The van der Waals surface area contributed by atoms with E-state index in [4.69, 9.17) is 49.8 Å². The molecule has 0 spiro atoms. The zero-order valence-corrected chi connectivity index (χ0v) is 44.7. The number of nitrogens with zero attached hydrogens (tertiary/aromatic N) is 14. The monoisotopic (exact) mass is 1080 g/mol. The Labute approximate surface area is 482 Å². The molecule has 0 radical (unpaired) electrons. The van der Waals surface area contributed by atoms with Gasteiger partial charge in [0.25, 0.3) is 0 Å². The minimum atomic E-state index is 0.580. The van der Waals surface area contributed by atoms with E-state index in [0.29, 0.717) is 91.1 Å². The maximum Gasteiger partial charge on any atom is 0.0988 e. The molecule has 0 saturated carbocycles. The molecule has 0 amide bonds. The molecule has 0 aromatic carbocycles. The smallest absolute Gasteiger partial charge is 0.0988 e. The van der Waals surface area contributed by atoms with Crippen LogP contribution in [0.4, 0.5) is 0 Å².